The van der Waals surface area contributed by atoms with Gasteiger partial charge in [-0.3, -0.25) is 4.98 Å². The fourth-order valence-corrected chi connectivity index (χ4v) is 3.46. The maximum atomic E-state index is 12.5. The molecule has 0 radical (unpaired) electrons. The van der Waals surface area contributed by atoms with Gasteiger partial charge in [-0.1, -0.05) is 17.3 Å². The van der Waals surface area contributed by atoms with E-state index in [-0.39, 0.29) is 10.7 Å². The average Bonchev–Trinajstić information content (AvgIpc) is 3.00. The first-order valence-electron chi connectivity index (χ1n) is 6.16. The first-order valence-corrected chi connectivity index (χ1v) is 7.64. The van der Waals surface area contributed by atoms with Crippen LogP contribution in [0.15, 0.2) is 41.6 Å². The second-order valence-electron chi connectivity index (χ2n) is 4.47. The molecule has 0 aliphatic carbocycles. The Kier molecular flexibility index (Phi) is 3.35. The number of benzene rings is 1. The Labute approximate surface area is 120 Å². The molecular formula is C12H12N6O2S. The lowest BCUT2D eigenvalue weighted by molar-refractivity contribution is 0.561. The van der Waals surface area contributed by atoms with Gasteiger partial charge in [0.15, 0.2) is 5.82 Å². The molecular weight excluding hydrogens is 292 g/mol. The number of hydrogen-bond acceptors (Lipinski definition) is 6. The van der Waals surface area contributed by atoms with Gasteiger partial charge < -0.3 is 0 Å². The molecule has 0 aliphatic heterocycles. The Bertz CT molecular complexity index is 857. The number of H-pyrrole nitrogens is 1. The lowest BCUT2D eigenvalue weighted by Crippen LogP contribution is -2.27. The van der Waals surface area contributed by atoms with Crippen molar-refractivity contribution in [1.29, 1.82) is 0 Å². The van der Waals surface area contributed by atoms with Gasteiger partial charge in [-0.15, -0.1) is 10.2 Å². The molecule has 0 bridgehead atoms. The Balaban J connectivity index is 2.01. The van der Waals surface area contributed by atoms with Crippen LogP contribution in [-0.4, -0.2) is 34.0 Å². The lowest BCUT2D eigenvalue weighted by Gasteiger charge is -2.12. The third kappa shape index (κ3) is 2.60. The molecule has 0 spiro atoms. The van der Waals surface area contributed by atoms with E-state index in [9.17, 15) is 8.42 Å². The molecule has 3 aromatic rings. The average molecular weight is 304 g/mol. The van der Waals surface area contributed by atoms with E-state index in [0.717, 1.165) is 5.39 Å². The summed E-state index contributed by atoms with van der Waals surface area (Å²) in [5, 5.41) is 14.6. The molecule has 0 aliphatic rings. The van der Waals surface area contributed by atoms with E-state index in [0.29, 0.717) is 5.39 Å². The van der Waals surface area contributed by atoms with Crippen molar-refractivity contribution in [2.24, 2.45) is 0 Å². The molecule has 2 aromatic heterocycles. The van der Waals surface area contributed by atoms with Crippen LogP contribution in [0.5, 0.6) is 0 Å². The van der Waals surface area contributed by atoms with Crippen LogP contribution in [0, 0.1) is 0 Å². The zero-order chi connectivity index (χ0) is 14.9. The Morgan fingerprint density at radius 2 is 2.14 bits per heavy atom. The molecule has 3 rings (SSSR count). The SMILES string of the molecule is CC(NS(=O)(=O)c1cccc2cnccc12)c1nn[nH]n1. The summed E-state index contributed by atoms with van der Waals surface area (Å²) in [6.45, 7) is 1.65. The Morgan fingerprint density at radius 3 is 2.90 bits per heavy atom. The topological polar surface area (TPSA) is 114 Å². The molecule has 0 fully saturated rings. The quantitative estimate of drug-likeness (QED) is 0.736. The largest absolute Gasteiger partial charge is 0.264 e. The molecule has 2 heterocycles. The highest BCUT2D eigenvalue weighted by molar-refractivity contribution is 7.89. The highest BCUT2D eigenvalue weighted by atomic mass is 32.2. The normalized spacial score (nSPS) is 13.4. The predicted molar refractivity (Wildman–Crippen MR) is 74.7 cm³/mol. The van der Waals surface area contributed by atoms with E-state index in [1.54, 1.807) is 37.5 Å². The fourth-order valence-electron chi connectivity index (χ4n) is 2.03. The predicted octanol–water partition coefficient (Wildman–Crippen LogP) is 0.787. The van der Waals surface area contributed by atoms with Gasteiger partial charge >= 0.3 is 0 Å². The molecule has 0 amide bonds. The summed E-state index contributed by atoms with van der Waals surface area (Å²) in [5.41, 5.74) is 0. The number of sulfonamides is 1. The van der Waals surface area contributed by atoms with Crippen LogP contribution in [-0.2, 0) is 10.0 Å². The number of tetrazole rings is 1. The van der Waals surface area contributed by atoms with Crippen molar-refractivity contribution in [1.82, 2.24) is 30.3 Å². The van der Waals surface area contributed by atoms with Gasteiger partial charge in [-0.25, -0.2) is 13.1 Å². The van der Waals surface area contributed by atoms with Crippen molar-refractivity contribution in [3.8, 4) is 0 Å². The molecule has 9 heteroatoms. The molecule has 1 aromatic carbocycles. The third-order valence-electron chi connectivity index (χ3n) is 3.01. The Hall–Kier alpha value is -2.39. The van der Waals surface area contributed by atoms with Crippen LogP contribution in [0.25, 0.3) is 10.8 Å². The second kappa shape index (κ2) is 5.19. The molecule has 0 saturated heterocycles. The van der Waals surface area contributed by atoms with Gasteiger partial charge in [-0.2, -0.15) is 5.21 Å². The molecule has 8 nitrogen and oxygen atoms in total. The van der Waals surface area contributed by atoms with Crippen molar-refractivity contribution in [3.05, 3.63) is 42.5 Å². The van der Waals surface area contributed by atoms with Crippen molar-refractivity contribution in [2.45, 2.75) is 17.9 Å². The van der Waals surface area contributed by atoms with Gasteiger partial charge in [0.1, 0.15) is 0 Å². The minimum absolute atomic E-state index is 0.192. The van der Waals surface area contributed by atoms with Crippen LogP contribution < -0.4 is 4.72 Å². The van der Waals surface area contributed by atoms with E-state index in [4.69, 9.17) is 0 Å². The van der Waals surface area contributed by atoms with Gasteiger partial charge in [0.2, 0.25) is 10.0 Å². The van der Waals surface area contributed by atoms with Gasteiger partial charge in [0, 0.05) is 23.2 Å². The summed E-state index contributed by atoms with van der Waals surface area (Å²) in [4.78, 5) is 4.18. The van der Waals surface area contributed by atoms with Crippen molar-refractivity contribution in [2.75, 3.05) is 0 Å². The Morgan fingerprint density at radius 1 is 1.29 bits per heavy atom. The van der Waals surface area contributed by atoms with E-state index >= 15 is 0 Å². The van der Waals surface area contributed by atoms with Crippen molar-refractivity contribution < 1.29 is 8.42 Å². The van der Waals surface area contributed by atoms with E-state index in [1.165, 1.54) is 0 Å². The molecule has 1 unspecified atom stereocenters. The fraction of sp³-hybridized carbons (Fsp3) is 0.167. The first-order chi connectivity index (χ1) is 10.1. The van der Waals surface area contributed by atoms with Crippen molar-refractivity contribution in [3.63, 3.8) is 0 Å². The zero-order valence-corrected chi connectivity index (χ0v) is 11.9. The van der Waals surface area contributed by atoms with E-state index < -0.39 is 16.1 Å². The summed E-state index contributed by atoms with van der Waals surface area (Å²) in [7, 11) is -3.71. The van der Waals surface area contributed by atoms with Crippen molar-refractivity contribution >= 4 is 20.8 Å². The van der Waals surface area contributed by atoms with Crippen LogP contribution in [0.2, 0.25) is 0 Å². The zero-order valence-electron chi connectivity index (χ0n) is 11.1. The second-order valence-corrected chi connectivity index (χ2v) is 6.15. The number of hydrogen-bond donors (Lipinski definition) is 2. The van der Waals surface area contributed by atoms with Gasteiger partial charge in [-0.05, 0) is 19.1 Å². The van der Waals surface area contributed by atoms with Gasteiger partial charge in [0.25, 0.3) is 0 Å². The highest BCUT2D eigenvalue weighted by Crippen LogP contribution is 2.23. The van der Waals surface area contributed by atoms with E-state index in [1.807, 2.05) is 6.07 Å². The number of pyridine rings is 1. The number of rotatable bonds is 4. The smallest absolute Gasteiger partial charge is 0.241 e. The number of fused-ring (bicyclic) bond motifs is 1. The minimum Gasteiger partial charge on any atom is -0.264 e. The summed E-state index contributed by atoms with van der Waals surface area (Å²) in [6, 6.07) is 6.11. The van der Waals surface area contributed by atoms with Gasteiger partial charge in [0.05, 0.1) is 10.9 Å². The van der Waals surface area contributed by atoms with Crippen LogP contribution in [0.3, 0.4) is 0 Å². The first kappa shape index (κ1) is 13.6. The summed E-state index contributed by atoms with van der Waals surface area (Å²) < 4.78 is 27.6. The van der Waals surface area contributed by atoms with Crippen LogP contribution in [0.4, 0.5) is 0 Å². The maximum Gasteiger partial charge on any atom is 0.241 e. The van der Waals surface area contributed by atoms with Crippen LogP contribution >= 0.6 is 0 Å². The minimum atomic E-state index is -3.71. The molecule has 21 heavy (non-hydrogen) atoms. The molecule has 2 N–H and O–H groups in total. The summed E-state index contributed by atoms with van der Waals surface area (Å²) in [5.74, 6) is 0.278. The van der Waals surface area contributed by atoms with Crippen LogP contribution in [0.1, 0.15) is 18.8 Å². The number of nitrogens with one attached hydrogen (secondary N) is 2. The standard InChI is InChI=1S/C12H12N6O2S/c1-8(12-14-17-18-15-12)16-21(19,20)11-4-2-3-9-7-13-6-5-10(9)11/h2-8,16H,1H3,(H,14,15,17,18). The summed E-state index contributed by atoms with van der Waals surface area (Å²) >= 11 is 0. The summed E-state index contributed by atoms with van der Waals surface area (Å²) in [6.07, 6.45) is 3.18. The highest BCUT2D eigenvalue weighted by Gasteiger charge is 2.22. The maximum absolute atomic E-state index is 12.5. The molecule has 1 atom stereocenters. The number of aromatic nitrogens is 5. The number of nitrogens with zero attached hydrogens (tertiary/aromatic N) is 4. The number of aromatic amines is 1. The van der Waals surface area contributed by atoms with E-state index in [2.05, 4.69) is 30.3 Å². The molecule has 0 saturated carbocycles. The third-order valence-corrected chi connectivity index (χ3v) is 4.61. The molecule has 108 valence electrons. The lowest BCUT2D eigenvalue weighted by atomic mass is 10.2. The monoisotopic (exact) mass is 304 g/mol.